The standard InChI is InChI=1S/C23H20NO.C13H24O2.Ir/c1-14-5-15(2)8-18(7-14)21-11-20-12-22(25-23(20)13-24-21)19-9-16(3)6-17(4)10-19;1-5-10(6-2)12(14)9-13(15)11(7-3)8-4;/h5-7,9-13H,1-4H3;9-11,14H,5-8H2,1-4H3;/q-1;;/b;12-9-;. The molecule has 0 bridgehead atoms. The normalized spacial score (nSPS) is 11.4. The first-order chi connectivity index (χ1) is 19.1. The molecule has 0 saturated heterocycles. The second kappa shape index (κ2) is 15.8. The van der Waals surface area contributed by atoms with E-state index in [9.17, 15) is 9.90 Å². The molecule has 4 nitrogen and oxygen atoms in total. The largest absolute Gasteiger partial charge is 0.512 e. The topological polar surface area (TPSA) is 63.3 Å². The molecule has 2 heterocycles. The summed E-state index contributed by atoms with van der Waals surface area (Å²) in [6.07, 6.45) is 6.71. The van der Waals surface area contributed by atoms with Crippen molar-refractivity contribution in [2.75, 3.05) is 0 Å². The first kappa shape index (κ1) is 34.2. The minimum Gasteiger partial charge on any atom is -0.512 e. The van der Waals surface area contributed by atoms with E-state index in [1.165, 1.54) is 22.8 Å². The van der Waals surface area contributed by atoms with Crippen LogP contribution in [0.3, 0.4) is 0 Å². The Bertz CT molecular complexity index is 1390. The number of ketones is 1. The number of rotatable bonds is 9. The number of aliphatic hydroxyl groups is 1. The number of benzene rings is 2. The second-order valence-corrected chi connectivity index (χ2v) is 10.8. The Hall–Kier alpha value is -3.01. The number of aryl methyl sites for hydroxylation is 4. The fraction of sp³-hybridized carbons (Fsp3) is 0.389. The first-order valence-corrected chi connectivity index (χ1v) is 14.5. The van der Waals surface area contributed by atoms with Gasteiger partial charge in [-0.2, -0.15) is 0 Å². The molecule has 4 rings (SSSR count). The van der Waals surface area contributed by atoms with Gasteiger partial charge in [0.15, 0.2) is 11.4 Å². The van der Waals surface area contributed by atoms with E-state index in [0.717, 1.165) is 64.8 Å². The van der Waals surface area contributed by atoms with Gasteiger partial charge in [0.2, 0.25) is 0 Å². The molecule has 0 unspecified atom stereocenters. The molecule has 0 amide bonds. The Balaban J connectivity index is 0.000000320. The molecule has 41 heavy (non-hydrogen) atoms. The maximum Gasteiger partial charge on any atom is 0.162 e. The molecule has 2 aromatic heterocycles. The third kappa shape index (κ3) is 9.24. The van der Waals surface area contributed by atoms with Gasteiger partial charge in [-0.05, 0) is 63.4 Å². The van der Waals surface area contributed by atoms with Crippen molar-refractivity contribution < 1.29 is 34.4 Å². The molecule has 4 aromatic rings. The van der Waals surface area contributed by atoms with Crippen LogP contribution in [0.2, 0.25) is 0 Å². The molecule has 0 aliphatic rings. The van der Waals surface area contributed by atoms with Gasteiger partial charge < -0.3 is 14.5 Å². The van der Waals surface area contributed by atoms with Crippen molar-refractivity contribution in [3.63, 3.8) is 0 Å². The summed E-state index contributed by atoms with van der Waals surface area (Å²) in [5.41, 5.74) is 8.67. The van der Waals surface area contributed by atoms with E-state index >= 15 is 0 Å². The second-order valence-electron chi connectivity index (χ2n) is 10.8. The van der Waals surface area contributed by atoms with Crippen molar-refractivity contribution in [2.24, 2.45) is 11.8 Å². The van der Waals surface area contributed by atoms with E-state index < -0.39 is 0 Å². The first-order valence-electron chi connectivity index (χ1n) is 14.5. The number of hydrogen-bond donors (Lipinski definition) is 1. The van der Waals surface area contributed by atoms with E-state index in [1.54, 1.807) is 0 Å². The van der Waals surface area contributed by atoms with Gasteiger partial charge in [-0.3, -0.25) is 4.79 Å². The molecule has 0 aliphatic heterocycles. The average Bonchev–Trinajstić information content (AvgIpc) is 3.33. The van der Waals surface area contributed by atoms with Gasteiger partial charge in [0.1, 0.15) is 5.76 Å². The summed E-state index contributed by atoms with van der Waals surface area (Å²) in [6.45, 7) is 16.4. The number of carbonyl (C=O) groups excluding carboxylic acids is 1. The van der Waals surface area contributed by atoms with Crippen LogP contribution in [0.25, 0.3) is 33.6 Å². The number of hydrogen-bond acceptors (Lipinski definition) is 4. The number of nitrogens with zero attached hydrogens (tertiary/aromatic N) is 1. The van der Waals surface area contributed by atoms with Gasteiger partial charge in [0.25, 0.3) is 0 Å². The van der Waals surface area contributed by atoms with Gasteiger partial charge in [0.05, 0.1) is 12.0 Å². The van der Waals surface area contributed by atoms with Crippen molar-refractivity contribution in [3.05, 3.63) is 88.8 Å². The zero-order valence-electron chi connectivity index (χ0n) is 25.7. The fourth-order valence-electron chi connectivity index (χ4n) is 5.16. The van der Waals surface area contributed by atoms with Crippen LogP contribution in [0.5, 0.6) is 0 Å². The van der Waals surface area contributed by atoms with Crippen LogP contribution in [-0.2, 0) is 24.9 Å². The van der Waals surface area contributed by atoms with Crippen molar-refractivity contribution in [3.8, 4) is 22.6 Å². The maximum absolute atomic E-state index is 11.7. The number of furan rings is 1. The van der Waals surface area contributed by atoms with Crippen LogP contribution >= 0.6 is 0 Å². The Morgan fingerprint density at radius 3 is 2.00 bits per heavy atom. The summed E-state index contributed by atoms with van der Waals surface area (Å²) < 4.78 is 6.03. The Labute approximate surface area is 259 Å². The van der Waals surface area contributed by atoms with Crippen LogP contribution in [0, 0.1) is 45.6 Å². The number of fused-ring (bicyclic) bond motifs is 1. The Morgan fingerprint density at radius 2 is 1.44 bits per heavy atom. The monoisotopic (exact) mass is 731 g/mol. The SMILES string of the molecule is CCC(CC)C(=O)/C=C(\O)C(CC)CC.Cc1[c-]c(-c2cc3cc(-c4cc(C)cc(C)c4)oc3cn2)cc(C)c1.[Ir]. The molecule has 0 atom stereocenters. The summed E-state index contributed by atoms with van der Waals surface area (Å²) in [7, 11) is 0. The predicted octanol–water partition coefficient (Wildman–Crippen LogP) is 10.1. The molecule has 0 saturated carbocycles. The van der Waals surface area contributed by atoms with Crippen LogP contribution in [-0.4, -0.2) is 15.9 Å². The minimum absolute atomic E-state index is 0. The molecule has 0 aliphatic carbocycles. The zero-order chi connectivity index (χ0) is 29.4. The summed E-state index contributed by atoms with van der Waals surface area (Å²) in [5, 5.41) is 10.8. The van der Waals surface area contributed by atoms with Gasteiger partial charge in [-0.25, -0.2) is 0 Å². The number of aromatic nitrogens is 1. The van der Waals surface area contributed by atoms with Gasteiger partial charge >= 0.3 is 0 Å². The van der Waals surface area contributed by atoms with Crippen molar-refractivity contribution in [2.45, 2.75) is 81.1 Å². The average molecular weight is 731 g/mol. The predicted molar refractivity (Wildman–Crippen MR) is 167 cm³/mol. The van der Waals surface area contributed by atoms with E-state index in [-0.39, 0.29) is 43.5 Å². The van der Waals surface area contributed by atoms with E-state index in [0.29, 0.717) is 0 Å². The van der Waals surface area contributed by atoms with E-state index in [4.69, 9.17) is 4.42 Å². The van der Waals surface area contributed by atoms with Crippen molar-refractivity contribution in [1.82, 2.24) is 4.98 Å². The van der Waals surface area contributed by atoms with Crippen LogP contribution in [0.15, 0.2) is 64.9 Å². The summed E-state index contributed by atoms with van der Waals surface area (Å²) >= 11 is 0. The number of carbonyl (C=O) groups is 1. The fourth-order valence-corrected chi connectivity index (χ4v) is 5.16. The molecular formula is C36H44IrNO3-. The molecule has 0 fully saturated rings. The smallest absolute Gasteiger partial charge is 0.162 e. The molecule has 1 radical (unpaired) electrons. The maximum atomic E-state index is 11.7. The van der Waals surface area contributed by atoms with Crippen LogP contribution in [0.1, 0.15) is 75.6 Å². The minimum atomic E-state index is 0. The summed E-state index contributed by atoms with van der Waals surface area (Å²) in [6, 6.07) is 18.3. The summed E-state index contributed by atoms with van der Waals surface area (Å²) in [5.74, 6) is 1.43. The third-order valence-electron chi connectivity index (χ3n) is 7.42. The van der Waals surface area contributed by atoms with E-state index in [1.807, 2.05) is 33.9 Å². The zero-order valence-corrected chi connectivity index (χ0v) is 28.1. The number of aliphatic hydroxyl groups excluding tert-OH is 1. The van der Waals surface area contributed by atoms with Crippen LogP contribution < -0.4 is 0 Å². The summed E-state index contributed by atoms with van der Waals surface area (Å²) in [4.78, 5) is 16.3. The van der Waals surface area contributed by atoms with Gasteiger partial charge in [0, 0.05) is 49.0 Å². The van der Waals surface area contributed by atoms with Crippen LogP contribution in [0.4, 0.5) is 0 Å². The van der Waals surface area contributed by atoms with Crippen molar-refractivity contribution >= 4 is 16.8 Å². The third-order valence-corrected chi connectivity index (χ3v) is 7.42. The molecule has 0 spiro atoms. The van der Waals surface area contributed by atoms with Gasteiger partial charge in [-0.1, -0.05) is 64.8 Å². The Kier molecular flexibility index (Phi) is 13.2. The van der Waals surface area contributed by atoms with E-state index in [2.05, 4.69) is 81.2 Å². The van der Waals surface area contributed by atoms with Crippen molar-refractivity contribution in [1.29, 1.82) is 0 Å². The molecular weight excluding hydrogens is 687 g/mol. The quantitative estimate of drug-likeness (QED) is 0.106. The van der Waals surface area contributed by atoms with Gasteiger partial charge in [-0.15, -0.1) is 34.9 Å². The molecule has 2 aromatic carbocycles. The Morgan fingerprint density at radius 1 is 0.854 bits per heavy atom. The number of pyridine rings is 1. The number of allylic oxidation sites excluding steroid dienone is 2. The molecule has 221 valence electrons. The molecule has 1 N–H and O–H groups in total. The molecule has 5 heteroatoms.